The van der Waals surface area contributed by atoms with Gasteiger partial charge in [-0.2, -0.15) is 0 Å². The molecular formula is C9H12O2S. The topological polar surface area (TPSA) is 34.1 Å². The first kappa shape index (κ1) is 7.25. The standard InChI is InChI=1S/C9H12O2S/c10-9-5-1-2-6(9)8-4-12(11)3-7(5)8/h5-8H,1-4H2/t5-,6+,7+,8-,12?. The fourth-order valence-corrected chi connectivity index (χ4v) is 5.30. The molecule has 3 fully saturated rings. The minimum Gasteiger partial charge on any atom is -0.299 e. The van der Waals surface area contributed by atoms with Gasteiger partial charge in [0.05, 0.1) is 0 Å². The molecule has 1 unspecified atom stereocenters. The molecule has 3 heteroatoms. The van der Waals surface area contributed by atoms with Gasteiger partial charge in [0, 0.05) is 34.1 Å². The fourth-order valence-electron chi connectivity index (χ4n) is 3.34. The average Bonchev–Trinajstić information content (AvgIpc) is 2.60. The lowest BCUT2D eigenvalue weighted by molar-refractivity contribution is -0.121. The third-order valence-corrected chi connectivity index (χ3v) is 5.37. The van der Waals surface area contributed by atoms with Gasteiger partial charge in [-0.1, -0.05) is 0 Å². The summed E-state index contributed by atoms with van der Waals surface area (Å²) in [5, 5.41) is 0. The summed E-state index contributed by atoms with van der Waals surface area (Å²) in [6, 6.07) is 0. The van der Waals surface area contributed by atoms with Crippen molar-refractivity contribution < 1.29 is 9.00 Å². The first-order chi connectivity index (χ1) is 5.77. The van der Waals surface area contributed by atoms with E-state index in [9.17, 15) is 9.00 Å². The lowest BCUT2D eigenvalue weighted by Gasteiger charge is -2.20. The summed E-state index contributed by atoms with van der Waals surface area (Å²) in [4.78, 5) is 11.6. The summed E-state index contributed by atoms with van der Waals surface area (Å²) in [6.07, 6.45) is 2.17. The maximum atomic E-state index is 11.6. The van der Waals surface area contributed by atoms with Gasteiger partial charge in [0.1, 0.15) is 5.78 Å². The van der Waals surface area contributed by atoms with Gasteiger partial charge in [-0.3, -0.25) is 9.00 Å². The molecule has 1 heterocycles. The van der Waals surface area contributed by atoms with Crippen LogP contribution in [0.25, 0.3) is 0 Å². The Labute approximate surface area is 74.2 Å². The zero-order chi connectivity index (χ0) is 8.29. The number of fused-ring (bicyclic) bond motifs is 5. The van der Waals surface area contributed by atoms with E-state index in [1.807, 2.05) is 0 Å². The highest BCUT2D eigenvalue weighted by Gasteiger charge is 2.56. The van der Waals surface area contributed by atoms with Gasteiger partial charge in [0.15, 0.2) is 0 Å². The molecule has 0 aromatic carbocycles. The quantitative estimate of drug-likeness (QED) is 0.552. The van der Waals surface area contributed by atoms with Gasteiger partial charge in [0.25, 0.3) is 0 Å². The normalized spacial score (nSPS) is 56.3. The lowest BCUT2D eigenvalue weighted by Crippen LogP contribution is -2.19. The number of carbonyl (C=O) groups excluding carboxylic acids is 1. The second-order valence-corrected chi connectivity index (χ2v) is 5.84. The Kier molecular flexibility index (Phi) is 1.32. The monoisotopic (exact) mass is 184 g/mol. The predicted molar refractivity (Wildman–Crippen MR) is 46.1 cm³/mol. The highest BCUT2D eigenvalue weighted by Crippen LogP contribution is 2.52. The van der Waals surface area contributed by atoms with E-state index in [0.717, 1.165) is 24.3 Å². The SMILES string of the molecule is O=C1[C@H]2CC[C@@H]1[C@@H]1CS(=O)C[C@@H]12. The fraction of sp³-hybridized carbons (Fsp3) is 0.889. The predicted octanol–water partition coefficient (Wildman–Crippen LogP) is 0.590. The van der Waals surface area contributed by atoms with E-state index in [1.165, 1.54) is 0 Å². The zero-order valence-electron chi connectivity index (χ0n) is 6.86. The molecule has 0 aromatic rings. The lowest BCUT2D eigenvalue weighted by atomic mass is 9.82. The Morgan fingerprint density at radius 3 is 2.08 bits per heavy atom. The molecule has 3 rings (SSSR count). The van der Waals surface area contributed by atoms with Crippen molar-refractivity contribution in [2.45, 2.75) is 12.8 Å². The summed E-state index contributed by atoms with van der Waals surface area (Å²) in [5.74, 6) is 3.78. The zero-order valence-corrected chi connectivity index (χ0v) is 7.68. The Balaban J connectivity index is 1.98. The Hall–Kier alpha value is -0.180. The second-order valence-electron chi connectivity index (χ2n) is 4.29. The molecule has 1 aliphatic heterocycles. The molecule has 2 aliphatic carbocycles. The average molecular weight is 184 g/mol. The van der Waals surface area contributed by atoms with Crippen LogP contribution in [-0.4, -0.2) is 21.5 Å². The Bertz CT molecular complexity index is 250. The van der Waals surface area contributed by atoms with E-state index in [2.05, 4.69) is 0 Å². The summed E-state index contributed by atoms with van der Waals surface area (Å²) in [7, 11) is -0.600. The molecule has 66 valence electrons. The van der Waals surface area contributed by atoms with Crippen LogP contribution < -0.4 is 0 Å². The Morgan fingerprint density at radius 1 is 1.08 bits per heavy atom. The summed E-state index contributed by atoms with van der Waals surface area (Å²) in [5.41, 5.74) is 0. The van der Waals surface area contributed by atoms with Gasteiger partial charge in [-0.15, -0.1) is 0 Å². The largest absolute Gasteiger partial charge is 0.299 e. The molecule has 1 saturated heterocycles. The van der Waals surface area contributed by atoms with Crippen LogP contribution in [0.5, 0.6) is 0 Å². The molecule has 0 aromatic heterocycles. The summed E-state index contributed by atoms with van der Waals surface area (Å²) < 4.78 is 11.3. The van der Waals surface area contributed by atoms with E-state index in [0.29, 0.717) is 29.5 Å². The van der Waals surface area contributed by atoms with Gasteiger partial charge >= 0.3 is 0 Å². The number of ketones is 1. The van der Waals surface area contributed by atoms with Crippen molar-refractivity contribution in [3.63, 3.8) is 0 Å². The van der Waals surface area contributed by atoms with Gasteiger partial charge in [-0.25, -0.2) is 0 Å². The van der Waals surface area contributed by atoms with Gasteiger partial charge in [0.2, 0.25) is 0 Å². The van der Waals surface area contributed by atoms with Crippen molar-refractivity contribution in [1.29, 1.82) is 0 Å². The second kappa shape index (κ2) is 2.19. The van der Waals surface area contributed by atoms with E-state index in [1.54, 1.807) is 0 Å². The van der Waals surface area contributed by atoms with Crippen LogP contribution in [0.1, 0.15) is 12.8 Å². The maximum Gasteiger partial charge on any atom is 0.139 e. The highest BCUT2D eigenvalue weighted by atomic mass is 32.2. The van der Waals surface area contributed by atoms with Crippen molar-refractivity contribution in [3.8, 4) is 0 Å². The van der Waals surface area contributed by atoms with Crippen molar-refractivity contribution in [1.82, 2.24) is 0 Å². The van der Waals surface area contributed by atoms with Crippen molar-refractivity contribution in [2.75, 3.05) is 11.5 Å². The smallest absolute Gasteiger partial charge is 0.139 e. The molecule has 12 heavy (non-hydrogen) atoms. The first-order valence-electron chi connectivity index (χ1n) is 4.66. The Morgan fingerprint density at radius 2 is 1.58 bits per heavy atom. The molecule has 0 amide bonds. The minimum atomic E-state index is -0.600. The molecule has 2 nitrogen and oxygen atoms in total. The van der Waals surface area contributed by atoms with Crippen molar-refractivity contribution >= 4 is 16.6 Å². The van der Waals surface area contributed by atoms with Crippen LogP contribution in [-0.2, 0) is 15.6 Å². The summed E-state index contributed by atoms with van der Waals surface area (Å²) >= 11 is 0. The van der Waals surface area contributed by atoms with E-state index < -0.39 is 10.8 Å². The van der Waals surface area contributed by atoms with Crippen LogP contribution in [0.15, 0.2) is 0 Å². The van der Waals surface area contributed by atoms with Crippen LogP contribution in [0, 0.1) is 23.7 Å². The molecule has 2 bridgehead atoms. The number of Topliss-reactive ketones (excluding diaryl/α,β-unsaturated/α-hetero) is 1. The number of carbonyl (C=O) groups is 1. The van der Waals surface area contributed by atoms with Crippen molar-refractivity contribution in [3.05, 3.63) is 0 Å². The molecule has 5 atom stereocenters. The maximum absolute atomic E-state index is 11.6. The van der Waals surface area contributed by atoms with Crippen LogP contribution in [0.4, 0.5) is 0 Å². The summed E-state index contributed by atoms with van der Waals surface area (Å²) in [6.45, 7) is 0. The molecule has 3 aliphatic rings. The highest BCUT2D eigenvalue weighted by molar-refractivity contribution is 7.85. The van der Waals surface area contributed by atoms with E-state index >= 15 is 0 Å². The van der Waals surface area contributed by atoms with E-state index in [4.69, 9.17) is 0 Å². The van der Waals surface area contributed by atoms with Crippen LogP contribution in [0.3, 0.4) is 0 Å². The minimum absolute atomic E-state index is 0.312. The van der Waals surface area contributed by atoms with Gasteiger partial charge < -0.3 is 0 Å². The van der Waals surface area contributed by atoms with Crippen molar-refractivity contribution in [2.24, 2.45) is 23.7 Å². The molecule has 2 saturated carbocycles. The molecular weight excluding hydrogens is 172 g/mol. The third kappa shape index (κ3) is 0.709. The van der Waals surface area contributed by atoms with Crippen LogP contribution >= 0.6 is 0 Å². The number of hydrogen-bond donors (Lipinski definition) is 0. The van der Waals surface area contributed by atoms with E-state index in [-0.39, 0.29) is 0 Å². The van der Waals surface area contributed by atoms with Crippen LogP contribution in [0.2, 0.25) is 0 Å². The number of rotatable bonds is 0. The number of hydrogen-bond acceptors (Lipinski definition) is 2. The molecule has 0 radical (unpaired) electrons. The first-order valence-corrected chi connectivity index (χ1v) is 6.15. The van der Waals surface area contributed by atoms with Gasteiger partial charge in [-0.05, 0) is 24.7 Å². The third-order valence-electron chi connectivity index (χ3n) is 3.86. The molecule has 0 N–H and O–H groups in total. The molecule has 0 spiro atoms.